The average Bonchev–Trinajstić information content (AvgIpc) is 3.04. The minimum atomic E-state index is -0.521. The van der Waals surface area contributed by atoms with Gasteiger partial charge in [-0.3, -0.25) is 19.8 Å². The molecule has 0 saturated carbocycles. The molecule has 0 atom stereocenters. The number of hydrogen-bond donors (Lipinski definition) is 1. The molecule has 0 aromatic heterocycles. The first-order valence-electron chi connectivity index (χ1n) is 8.73. The van der Waals surface area contributed by atoms with Crippen molar-refractivity contribution in [2.45, 2.75) is 20.8 Å². The normalized spacial score (nSPS) is 17.3. The van der Waals surface area contributed by atoms with Crippen LogP contribution < -0.4 is 19.7 Å². The van der Waals surface area contributed by atoms with Crippen LogP contribution in [0, 0.1) is 20.8 Å². The minimum absolute atomic E-state index is 0.00900. The summed E-state index contributed by atoms with van der Waals surface area (Å²) in [5.74, 6) is 0.253. The molecule has 6 nitrogen and oxygen atoms in total. The van der Waals surface area contributed by atoms with Gasteiger partial charge in [-0.25, -0.2) is 0 Å². The Balaban J connectivity index is 1.77. The van der Waals surface area contributed by atoms with E-state index in [9.17, 15) is 9.59 Å². The van der Waals surface area contributed by atoms with E-state index in [0.717, 1.165) is 16.7 Å². The van der Waals surface area contributed by atoms with Crippen molar-refractivity contribution in [2.24, 2.45) is 0 Å². The number of nitrogens with zero attached hydrogens (tertiary/aromatic N) is 1. The quantitative estimate of drug-likeness (QED) is 0.481. The third kappa shape index (κ3) is 3.14. The van der Waals surface area contributed by atoms with Gasteiger partial charge < -0.3 is 9.47 Å². The summed E-state index contributed by atoms with van der Waals surface area (Å²) in [6, 6.07) is 9.31. The zero-order valence-electron chi connectivity index (χ0n) is 15.7. The van der Waals surface area contributed by atoms with Crippen molar-refractivity contribution in [3.05, 3.63) is 58.2 Å². The Morgan fingerprint density at radius 2 is 1.64 bits per heavy atom. The number of nitrogens with one attached hydrogen (secondary N) is 1. The van der Waals surface area contributed by atoms with Crippen LogP contribution in [0.25, 0.3) is 6.08 Å². The van der Waals surface area contributed by atoms with Crippen molar-refractivity contribution >= 4 is 40.9 Å². The van der Waals surface area contributed by atoms with Crippen LogP contribution in [0.4, 0.5) is 5.69 Å². The van der Waals surface area contributed by atoms with Gasteiger partial charge in [0.15, 0.2) is 16.6 Å². The molecule has 2 aliphatic rings. The molecule has 1 N–H and O–H groups in total. The number of carbonyl (C=O) groups excluding carboxylic acids is 2. The monoisotopic (exact) mass is 394 g/mol. The van der Waals surface area contributed by atoms with Gasteiger partial charge in [0.2, 0.25) is 6.79 Å². The van der Waals surface area contributed by atoms with E-state index in [1.54, 1.807) is 12.1 Å². The summed E-state index contributed by atoms with van der Waals surface area (Å²) in [5.41, 5.74) is 4.20. The molecule has 2 aliphatic heterocycles. The number of carbonyl (C=O) groups is 2. The lowest BCUT2D eigenvalue weighted by molar-refractivity contribution is -0.122. The van der Waals surface area contributed by atoms with E-state index in [2.05, 4.69) is 5.32 Å². The van der Waals surface area contributed by atoms with E-state index in [0.29, 0.717) is 22.7 Å². The van der Waals surface area contributed by atoms with Crippen LogP contribution in [0.2, 0.25) is 0 Å². The zero-order valence-corrected chi connectivity index (χ0v) is 16.5. The molecule has 0 spiro atoms. The Morgan fingerprint density at radius 1 is 1.00 bits per heavy atom. The smallest absolute Gasteiger partial charge is 0.270 e. The molecule has 0 aliphatic carbocycles. The maximum atomic E-state index is 13.2. The fourth-order valence-corrected chi connectivity index (χ4v) is 3.62. The summed E-state index contributed by atoms with van der Waals surface area (Å²) in [6.45, 7) is 5.92. The maximum absolute atomic E-state index is 13.2. The molecule has 4 rings (SSSR count). The highest BCUT2D eigenvalue weighted by molar-refractivity contribution is 7.80. The highest BCUT2D eigenvalue weighted by atomic mass is 32.1. The second-order valence-electron chi connectivity index (χ2n) is 6.87. The Hall–Kier alpha value is -3.19. The highest BCUT2D eigenvalue weighted by Crippen LogP contribution is 2.35. The molecule has 2 heterocycles. The van der Waals surface area contributed by atoms with Gasteiger partial charge in [0.25, 0.3) is 11.8 Å². The number of anilines is 1. The predicted molar refractivity (Wildman–Crippen MR) is 109 cm³/mol. The number of fused-ring (bicyclic) bond motifs is 1. The molecule has 0 unspecified atom stereocenters. The standard InChI is InChI=1S/C21H18N2O4S/c1-11-4-12(2)6-15(5-11)23-20(25)16(19(24)22-21(23)28)8-14-9-18-17(7-13(14)3)26-10-27-18/h4-9H,10H2,1-3H3,(H,22,24,28)/b16-8+. The second kappa shape index (κ2) is 6.76. The van der Waals surface area contributed by atoms with Gasteiger partial charge in [0, 0.05) is 0 Å². The lowest BCUT2D eigenvalue weighted by atomic mass is 10.0. The lowest BCUT2D eigenvalue weighted by Crippen LogP contribution is -2.54. The SMILES string of the molecule is Cc1cc(C)cc(N2C(=O)/C(=C/c3cc4c(cc3C)OCO4)C(=O)NC2=S)c1. The fraction of sp³-hybridized carbons (Fsp3) is 0.190. The Labute approximate surface area is 167 Å². The first kappa shape index (κ1) is 18.2. The number of benzene rings is 2. The van der Waals surface area contributed by atoms with Crippen molar-refractivity contribution in [3.63, 3.8) is 0 Å². The van der Waals surface area contributed by atoms with Crippen molar-refractivity contribution in [1.82, 2.24) is 5.32 Å². The van der Waals surface area contributed by atoms with Crippen LogP contribution in [-0.4, -0.2) is 23.7 Å². The molecule has 2 amide bonds. The average molecular weight is 394 g/mol. The van der Waals surface area contributed by atoms with Crippen LogP contribution in [0.3, 0.4) is 0 Å². The first-order valence-corrected chi connectivity index (χ1v) is 9.14. The summed E-state index contributed by atoms with van der Waals surface area (Å²) in [5, 5.41) is 2.68. The predicted octanol–water partition coefficient (Wildman–Crippen LogP) is 3.17. The third-order valence-corrected chi connectivity index (χ3v) is 4.91. The molecule has 1 fully saturated rings. The molecule has 2 aromatic rings. The van der Waals surface area contributed by atoms with Crippen LogP contribution >= 0.6 is 12.2 Å². The largest absolute Gasteiger partial charge is 0.454 e. The number of aryl methyl sites for hydroxylation is 3. The molecule has 2 aromatic carbocycles. The van der Waals surface area contributed by atoms with Gasteiger partial charge in [0.1, 0.15) is 5.57 Å². The van der Waals surface area contributed by atoms with Gasteiger partial charge in [-0.2, -0.15) is 0 Å². The number of rotatable bonds is 2. The zero-order chi connectivity index (χ0) is 20.0. The van der Waals surface area contributed by atoms with Crippen molar-refractivity contribution in [1.29, 1.82) is 0 Å². The van der Waals surface area contributed by atoms with E-state index >= 15 is 0 Å². The van der Waals surface area contributed by atoms with Crippen molar-refractivity contribution in [3.8, 4) is 11.5 Å². The van der Waals surface area contributed by atoms with E-state index in [1.165, 1.54) is 4.90 Å². The van der Waals surface area contributed by atoms with Crippen LogP contribution in [-0.2, 0) is 9.59 Å². The summed E-state index contributed by atoms with van der Waals surface area (Å²) in [4.78, 5) is 27.0. The van der Waals surface area contributed by atoms with Gasteiger partial charge in [-0.15, -0.1) is 0 Å². The van der Waals surface area contributed by atoms with Crippen LogP contribution in [0.15, 0.2) is 35.9 Å². The van der Waals surface area contributed by atoms with Crippen LogP contribution in [0.5, 0.6) is 11.5 Å². The topological polar surface area (TPSA) is 67.9 Å². The summed E-state index contributed by atoms with van der Waals surface area (Å²) in [6.07, 6.45) is 1.56. The molecule has 7 heteroatoms. The Kier molecular flexibility index (Phi) is 4.39. The lowest BCUT2D eigenvalue weighted by Gasteiger charge is -2.29. The number of amides is 2. The van der Waals surface area contributed by atoms with Gasteiger partial charge in [-0.1, -0.05) is 6.07 Å². The van der Waals surface area contributed by atoms with E-state index in [4.69, 9.17) is 21.7 Å². The van der Waals surface area contributed by atoms with Gasteiger partial charge in [0.05, 0.1) is 5.69 Å². The number of hydrogen-bond acceptors (Lipinski definition) is 5. The fourth-order valence-electron chi connectivity index (χ4n) is 3.34. The second-order valence-corrected chi connectivity index (χ2v) is 7.25. The molecule has 0 radical (unpaired) electrons. The van der Waals surface area contributed by atoms with E-state index < -0.39 is 11.8 Å². The Bertz CT molecular complexity index is 1050. The van der Waals surface area contributed by atoms with Gasteiger partial charge in [-0.05, 0) is 85.6 Å². The molecule has 28 heavy (non-hydrogen) atoms. The molecular formula is C21H18N2O4S. The van der Waals surface area contributed by atoms with Crippen molar-refractivity contribution in [2.75, 3.05) is 11.7 Å². The highest BCUT2D eigenvalue weighted by Gasteiger charge is 2.34. The maximum Gasteiger partial charge on any atom is 0.270 e. The molecular weight excluding hydrogens is 376 g/mol. The Morgan fingerprint density at radius 3 is 2.32 bits per heavy atom. The van der Waals surface area contributed by atoms with Crippen molar-refractivity contribution < 1.29 is 19.1 Å². The summed E-state index contributed by atoms with van der Waals surface area (Å²) < 4.78 is 10.8. The number of ether oxygens (including phenoxy) is 2. The first-order chi connectivity index (χ1) is 13.3. The minimum Gasteiger partial charge on any atom is -0.454 e. The van der Waals surface area contributed by atoms with Crippen LogP contribution in [0.1, 0.15) is 22.3 Å². The van der Waals surface area contributed by atoms with E-state index in [-0.39, 0.29) is 17.5 Å². The summed E-state index contributed by atoms with van der Waals surface area (Å²) in [7, 11) is 0. The van der Waals surface area contributed by atoms with E-state index in [1.807, 2.05) is 45.0 Å². The molecule has 0 bridgehead atoms. The third-order valence-electron chi connectivity index (χ3n) is 4.63. The summed E-state index contributed by atoms with van der Waals surface area (Å²) >= 11 is 5.27. The number of thiocarbonyl (C=S) groups is 1. The van der Waals surface area contributed by atoms with Gasteiger partial charge >= 0.3 is 0 Å². The molecule has 1 saturated heterocycles. The molecule has 142 valence electrons.